The van der Waals surface area contributed by atoms with Crippen LogP contribution in [0.2, 0.25) is 10.2 Å². The maximum atomic E-state index is 6.02. The highest BCUT2D eigenvalue weighted by Gasteiger charge is 2.08. The molecule has 2 heterocycles. The summed E-state index contributed by atoms with van der Waals surface area (Å²) in [6, 6.07) is 3.39. The van der Waals surface area contributed by atoms with Gasteiger partial charge in [0.1, 0.15) is 16.8 Å². The van der Waals surface area contributed by atoms with Crippen LogP contribution in [0.3, 0.4) is 0 Å². The highest BCUT2D eigenvalue weighted by Crippen LogP contribution is 2.17. The molecule has 0 saturated heterocycles. The van der Waals surface area contributed by atoms with Gasteiger partial charge in [0.15, 0.2) is 0 Å². The zero-order valence-electron chi connectivity index (χ0n) is 8.91. The van der Waals surface area contributed by atoms with Gasteiger partial charge in [-0.25, -0.2) is 14.6 Å². The Bertz CT molecular complexity index is 522. The van der Waals surface area contributed by atoms with Crippen molar-refractivity contribution in [1.82, 2.24) is 19.7 Å². The number of halogens is 2. The molecule has 0 aliphatic carbocycles. The molecule has 0 atom stereocenters. The molecule has 0 radical (unpaired) electrons. The average Bonchev–Trinajstić information content (AvgIpc) is 2.51. The number of rotatable bonds is 2. The van der Waals surface area contributed by atoms with Gasteiger partial charge in [-0.05, 0) is 26.0 Å². The zero-order valence-corrected chi connectivity index (χ0v) is 10.4. The largest absolute Gasteiger partial charge is 0.244 e. The molecular weight excluding hydrogens is 247 g/mol. The van der Waals surface area contributed by atoms with Crippen LogP contribution in [0.4, 0.5) is 0 Å². The lowest BCUT2D eigenvalue weighted by Gasteiger charge is -2.05. The summed E-state index contributed by atoms with van der Waals surface area (Å²) < 4.78 is 1.75. The third-order valence-electron chi connectivity index (χ3n) is 2.15. The van der Waals surface area contributed by atoms with Crippen molar-refractivity contribution < 1.29 is 0 Å². The van der Waals surface area contributed by atoms with Gasteiger partial charge < -0.3 is 0 Å². The van der Waals surface area contributed by atoms with Gasteiger partial charge in [0.05, 0.1) is 17.3 Å². The standard InChI is InChI=1S/C10H10Cl2N4/c1-6-13-7(2)16(15-6)5-9-8(11)3-4-10(12)14-9/h3-4H,5H2,1-2H3. The molecule has 0 fully saturated rings. The minimum Gasteiger partial charge on any atom is -0.244 e. The molecule has 0 unspecified atom stereocenters. The Labute approximate surface area is 103 Å². The Kier molecular flexibility index (Phi) is 3.12. The van der Waals surface area contributed by atoms with Gasteiger partial charge in [-0.1, -0.05) is 23.2 Å². The molecule has 0 bridgehead atoms. The average molecular weight is 257 g/mol. The van der Waals surface area contributed by atoms with E-state index in [0.29, 0.717) is 22.4 Å². The third kappa shape index (κ3) is 2.33. The molecule has 0 N–H and O–H groups in total. The highest BCUT2D eigenvalue weighted by atomic mass is 35.5. The minimum atomic E-state index is 0.425. The molecule has 4 nitrogen and oxygen atoms in total. The van der Waals surface area contributed by atoms with Crippen molar-refractivity contribution >= 4 is 23.2 Å². The van der Waals surface area contributed by atoms with E-state index < -0.39 is 0 Å². The number of aromatic nitrogens is 4. The summed E-state index contributed by atoms with van der Waals surface area (Å²) in [6.07, 6.45) is 0. The number of pyridine rings is 1. The van der Waals surface area contributed by atoms with E-state index in [-0.39, 0.29) is 0 Å². The van der Waals surface area contributed by atoms with Crippen molar-refractivity contribution in [3.63, 3.8) is 0 Å². The minimum absolute atomic E-state index is 0.425. The van der Waals surface area contributed by atoms with E-state index in [9.17, 15) is 0 Å². The first-order valence-corrected chi connectivity index (χ1v) is 5.51. The molecule has 6 heteroatoms. The van der Waals surface area contributed by atoms with E-state index in [1.54, 1.807) is 16.8 Å². The van der Waals surface area contributed by atoms with Crippen molar-refractivity contribution in [2.75, 3.05) is 0 Å². The first-order chi connectivity index (χ1) is 7.56. The lowest BCUT2D eigenvalue weighted by molar-refractivity contribution is 0.644. The first kappa shape index (κ1) is 11.4. The lowest BCUT2D eigenvalue weighted by Crippen LogP contribution is -2.06. The van der Waals surface area contributed by atoms with Crippen molar-refractivity contribution in [3.05, 3.63) is 39.7 Å². The maximum Gasteiger partial charge on any atom is 0.147 e. The van der Waals surface area contributed by atoms with Crippen LogP contribution in [-0.4, -0.2) is 19.7 Å². The number of hydrogen-bond acceptors (Lipinski definition) is 3. The fourth-order valence-electron chi connectivity index (χ4n) is 1.42. The van der Waals surface area contributed by atoms with Gasteiger partial charge in [0.25, 0.3) is 0 Å². The molecule has 0 aliphatic heterocycles. The summed E-state index contributed by atoms with van der Waals surface area (Å²) in [5.74, 6) is 1.56. The van der Waals surface area contributed by atoms with Crippen molar-refractivity contribution in [2.45, 2.75) is 20.4 Å². The van der Waals surface area contributed by atoms with Gasteiger partial charge in [-0.2, -0.15) is 5.10 Å². The second-order valence-corrected chi connectivity index (χ2v) is 4.22. The van der Waals surface area contributed by atoms with Crippen LogP contribution in [0.1, 0.15) is 17.3 Å². The van der Waals surface area contributed by atoms with E-state index >= 15 is 0 Å². The van der Waals surface area contributed by atoms with Crippen LogP contribution >= 0.6 is 23.2 Å². The smallest absolute Gasteiger partial charge is 0.147 e. The fourth-order valence-corrected chi connectivity index (χ4v) is 1.75. The molecular formula is C10H10Cl2N4. The Balaban J connectivity index is 2.33. The molecule has 0 aromatic carbocycles. The molecule has 2 rings (SSSR count). The molecule has 0 saturated carbocycles. The maximum absolute atomic E-state index is 6.02. The summed E-state index contributed by atoms with van der Waals surface area (Å²) in [7, 11) is 0. The fraction of sp³-hybridized carbons (Fsp3) is 0.300. The van der Waals surface area contributed by atoms with Crippen LogP contribution in [0.5, 0.6) is 0 Å². The summed E-state index contributed by atoms with van der Waals surface area (Å²) in [5, 5.41) is 5.25. The Morgan fingerprint density at radius 3 is 2.56 bits per heavy atom. The predicted molar refractivity (Wildman–Crippen MR) is 62.9 cm³/mol. The third-order valence-corrected chi connectivity index (χ3v) is 2.70. The van der Waals surface area contributed by atoms with E-state index in [2.05, 4.69) is 15.1 Å². The molecule has 0 amide bonds. The van der Waals surface area contributed by atoms with Crippen LogP contribution < -0.4 is 0 Å². The van der Waals surface area contributed by atoms with Gasteiger partial charge >= 0.3 is 0 Å². The Hall–Kier alpha value is -1.13. The van der Waals surface area contributed by atoms with Crippen molar-refractivity contribution in [3.8, 4) is 0 Å². The topological polar surface area (TPSA) is 43.6 Å². The summed E-state index contributed by atoms with van der Waals surface area (Å²) in [6.45, 7) is 4.21. The summed E-state index contributed by atoms with van der Waals surface area (Å²) >= 11 is 11.8. The monoisotopic (exact) mass is 256 g/mol. The Morgan fingerprint density at radius 2 is 1.94 bits per heavy atom. The van der Waals surface area contributed by atoms with E-state index in [1.807, 2.05) is 13.8 Å². The van der Waals surface area contributed by atoms with Crippen LogP contribution in [0.15, 0.2) is 12.1 Å². The molecule has 16 heavy (non-hydrogen) atoms. The van der Waals surface area contributed by atoms with Gasteiger partial charge in [0.2, 0.25) is 0 Å². The summed E-state index contributed by atoms with van der Waals surface area (Å²) in [5.41, 5.74) is 0.696. The number of nitrogens with zero attached hydrogens (tertiary/aromatic N) is 4. The van der Waals surface area contributed by atoms with E-state index in [1.165, 1.54) is 0 Å². The zero-order chi connectivity index (χ0) is 11.7. The Morgan fingerprint density at radius 1 is 1.19 bits per heavy atom. The van der Waals surface area contributed by atoms with Crippen LogP contribution in [0, 0.1) is 13.8 Å². The van der Waals surface area contributed by atoms with Crippen LogP contribution in [-0.2, 0) is 6.54 Å². The molecule has 84 valence electrons. The number of hydrogen-bond donors (Lipinski definition) is 0. The van der Waals surface area contributed by atoms with Crippen LogP contribution in [0.25, 0.3) is 0 Å². The predicted octanol–water partition coefficient (Wildman–Crippen LogP) is 2.65. The SMILES string of the molecule is Cc1nc(C)n(Cc2nc(Cl)ccc2Cl)n1. The lowest BCUT2D eigenvalue weighted by atomic mass is 10.3. The molecule has 0 aliphatic rings. The normalized spacial score (nSPS) is 10.8. The van der Waals surface area contributed by atoms with Gasteiger partial charge in [-0.15, -0.1) is 0 Å². The second kappa shape index (κ2) is 4.39. The van der Waals surface area contributed by atoms with Gasteiger partial charge in [-0.3, -0.25) is 0 Å². The number of aryl methyl sites for hydroxylation is 2. The van der Waals surface area contributed by atoms with E-state index in [4.69, 9.17) is 23.2 Å². The van der Waals surface area contributed by atoms with Crippen molar-refractivity contribution in [2.24, 2.45) is 0 Å². The molecule has 0 spiro atoms. The quantitative estimate of drug-likeness (QED) is 0.777. The molecule has 2 aromatic heterocycles. The molecule has 2 aromatic rings. The van der Waals surface area contributed by atoms with E-state index in [0.717, 1.165) is 11.6 Å². The summed E-state index contributed by atoms with van der Waals surface area (Å²) in [4.78, 5) is 8.37. The first-order valence-electron chi connectivity index (χ1n) is 4.75. The second-order valence-electron chi connectivity index (χ2n) is 3.43. The van der Waals surface area contributed by atoms with Gasteiger partial charge in [0, 0.05) is 0 Å². The highest BCUT2D eigenvalue weighted by molar-refractivity contribution is 6.32. The van der Waals surface area contributed by atoms with Crippen molar-refractivity contribution in [1.29, 1.82) is 0 Å².